The Hall–Kier alpha value is -2.59. The number of nitrogens with one attached hydrogen (secondary N) is 1. The molecular formula is C16H11ClN2O2. The van der Waals surface area contributed by atoms with E-state index in [0.717, 1.165) is 5.56 Å². The molecule has 0 radical (unpaired) electrons. The minimum Gasteiger partial charge on any atom is -0.338 e. The molecule has 0 atom stereocenters. The molecule has 0 saturated carbocycles. The predicted molar refractivity (Wildman–Crippen MR) is 81.3 cm³/mol. The zero-order valence-corrected chi connectivity index (χ0v) is 11.7. The van der Waals surface area contributed by atoms with Crippen LogP contribution in [0.5, 0.6) is 0 Å². The van der Waals surface area contributed by atoms with Gasteiger partial charge in [-0.1, -0.05) is 53.2 Å². The first-order valence-corrected chi connectivity index (χ1v) is 6.69. The van der Waals surface area contributed by atoms with Gasteiger partial charge < -0.3 is 4.52 Å². The Bertz CT molecular complexity index is 769. The molecule has 0 aliphatic heterocycles. The highest BCUT2D eigenvalue weighted by atomic mass is 35.5. The number of hydrogen-bond donors (Lipinski definition) is 1. The third kappa shape index (κ3) is 3.12. The number of nitrogens with zero attached hydrogens (tertiary/aromatic N) is 1. The summed E-state index contributed by atoms with van der Waals surface area (Å²) in [7, 11) is 0. The lowest BCUT2D eigenvalue weighted by atomic mass is 10.1. The third-order valence-corrected chi connectivity index (χ3v) is 3.14. The van der Waals surface area contributed by atoms with Gasteiger partial charge in [-0.3, -0.25) is 10.1 Å². The van der Waals surface area contributed by atoms with Crippen LogP contribution in [0, 0.1) is 0 Å². The molecule has 3 rings (SSSR count). The molecule has 0 aliphatic rings. The maximum atomic E-state index is 12.1. The molecule has 1 aromatic heterocycles. The summed E-state index contributed by atoms with van der Waals surface area (Å²) in [6, 6.07) is 17.9. The summed E-state index contributed by atoms with van der Waals surface area (Å²) >= 11 is 5.86. The monoisotopic (exact) mass is 298 g/mol. The van der Waals surface area contributed by atoms with Crippen molar-refractivity contribution < 1.29 is 9.32 Å². The number of benzene rings is 2. The second kappa shape index (κ2) is 5.81. The molecule has 21 heavy (non-hydrogen) atoms. The first-order chi connectivity index (χ1) is 10.2. The minimum absolute atomic E-state index is 0.291. The number of rotatable bonds is 3. The van der Waals surface area contributed by atoms with Gasteiger partial charge in [-0.15, -0.1) is 0 Å². The van der Waals surface area contributed by atoms with Crippen molar-refractivity contribution in [2.75, 3.05) is 5.32 Å². The lowest BCUT2D eigenvalue weighted by molar-refractivity contribution is 0.102. The summed E-state index contributed by atoms with van der Waals surface area (Å²) in [6.07, 6.45) is 0. The topological polar surface area (TPSA) is 55.1 Å². The maximum absolute atomic E-state index is 12.1. The summed E-state index contributed by atoms with van der Waals surface area (Å²) in [5, 5.41) is 7.09. The number of carbonyl (C=O) groups excluding carboxylic acids is 1. The van der Waals surface area contributed by atoms with Crippen LogP contribution in [0.3, 0.4) is 0 Å². The van der Waals surface area contributed by atoms with Crippen LogP contribution < -0.4 is 5.32 Å². The molecule has 0 saturated heterocycles. The van der Waals surface area contributed by atoms with Gasteiger partial charge in [0.2, 0.25) is 5.88 Å². The number of anilines is 1. The van der Waals surface area contributed by atoms with E-state index in [1.807, 2.05) is 30.3 Å². The summed E-state index contributed by atoms with van der Waals surface area (Å²) in [4.78, 5) is 12.1. The average Bonchev–Trinajstić information content (AvgIpc) is 2.97. The molecule has 1 heterocycles. The quantitative estimate of drug-likeness (QED) is 0.786. The zero-order chi connectivity index (χ0) is 14.7. The Balaban J connectivity index is 1.77. The molecule has 4 nitrogen and oxygen atoms in total. The van der Waals surface area contributed by atoms with Crippen LogP contribution in [0.15, 0.2) is 65.2 Å². The second-order valence-electron chi connectivity index (χ2n) is 4.41. The number of aromatic nitrogens is 1. The standard InChI is InChI=1S/C16H11ClN2O2/c17-13-8-4-7-12(9-13)16(20)18-15-10-14(19-21-15)11-5-2-1-3-6-11/h1-10H,(H,18,20). The van der Waals surface area contributed by atoms with Crippen molar-refractivity contribution in [3.63, 3.8) is 0 Å². The Morgan fingerprint density at radius 2 is 1.86 bits per heavy atom. The second-order valence-corrected chi connectivity index (χ2v) is 4.84. The molecule has 0 bridgehead atoms. The van der Waals surface area contributed by atoms with Crippen molar-refractivity contribution in [1.29, 1.82) is 0 Å². The molecule has 1 amide bonds. The Morgan fingerprint density at radius 1 is 1.05 bits per heavy atom. The molecule has 2 aromatic carbocycles. The average molecular weight is 299 g/mol. The molecule has 0 spiro atoms. The lowest BCUT2D eigenvalue weighted by Crippen LogP contribution is -2.11. The van der Waals surface area contributed by atoms with Crippen LogP contribution in [-0.4, -0.2) is 11.1 Å². The van der Waals surface area contributed by atoms with Crippen LogP contribution in [0.2, 0.25) is 5.02 Å². The third-order valence-electron chi connectivity index (χ3n) is 2.90. The molecule has 5 heteroatoms. The smallest absolute Gasteiger partial charge is 0.258 e. The van der Waals surface area contributed by atoms with E-state index in [-0.39, 0.29) is 5.91 Å². The summed E-state index contributed by atoms with van der Waals surface area (Å²) in [5.74, 6) is -0.00732. The predicted octanol–water partition coefficient (Wildman–Crippen LogP) is 4.25. The van der Waals surface area contributed by atoms with Gasteiger partial charge in [-0.05, 0) is 18.2 Å². The van der Waals surface area contributed by atoms with E-state index >= 15 is 0 Å². The van der Waals surface area contributed by atoms with Crippen LogP contribution in [0.25, 0.3) is 11.3 Å². The molecule has 0 aliphatic carbocycles. The van der Waals surface area contributed by atoms with Crippen LogP contribution in [-0.2, 0) is 0 Å². The van der Waals surface area contributed by atoms with Crippen LogP contribution >= 0.6 is 11.6 Å². The number of halogens is 1. The van der Waals surface area contributed by atoms with E-state index in [0.29, 0.717) is 22.2 Å². The molecule has 104 valence electrons. The van der Waals surface area contributed by atoms with Gasteiger partial charge in [0.1, 0.15) is 5.69 Å². The van der Waals surface area contributed by atoms with Crippen molar-refractivity contribution in [2.24, 2.45) is 0 Å². The Labute approximate surface area is 126 Å². The van der Waals surface area contributed by atoms with Crippen molar-refractivity contribution in [3.05, 3.63) is 71.2 Å². The van der Waals surface area contributed by atoms with Gasteiger partial charge in [0.25, 0.3) is 5.91 Å². The highest BCUT2D eigenvalue weighted by molar-refractivity contribution is 6.31. The molecular weight excluding hydrogens is 288 g/mol. The first-order valence-electron chi connectivity index (χ1n) is 6.31. The number of hydrogen-bond acceptors (Lipinski definition) is 3. The molecule has 0 unspecified atom stereocenters. The summed E-state index contributed by atoms with van der Waals surface area (Å²) < 4.78 is 5.13. The SMILES string of the molecule is O=C(Nc1cc(-c2ccccc2)no1)c1cccc(Cl)c1. The summed E-state index contributed by atoms with van der Waals surface area (Å²) in [5.41, 5.74) is 2.04. The number of amides is 1. The zero-order valence-electron chi connectivity index (χ0n) is 10.9. The van der Waals surface area contributed by atoms with Gasteiger partial charge >= 0.3 is 0 Å². The van der Waals surface area contributed by atoms with Crippen LogP contribution in [0.1, 0.15) is 10.4 Å². The van der Waals surface area contributed by atoms with Crippen molar-refractivity contribution in [1.82, 2.24) is 5.16 Å². The van der Waals surface area contributed by atoms with E-state index in [1.54, 1.807) is 30.3 Å². The fraction of sp³-hybridized carbons (Fsp3) is 0. The molecule has 3 aromatic rings. The van der Waals surface area contributed by atoms with Gasteiger partial charge in [-0.2, -0.15) is 0 Å². The van der Waals surface area contributed by atoms with E-state index in [1.165, 1.54) is 0 Å². The van der Waals surface area contributed by atoms with Crippen molar-refractivity contribution >= 4 is 23.4 Å². The normalized spacial score (nSPS) is 10.3. The van der Waals surface area contributed by atoms with Crippen molar-refractivity contribution in [2.45, 2.75) is 0 Å². The number of carbonyl (C=O) groups is 1. The Kier molecular flexibility index (Phi) is 3.71. The fourth-order valence-electron chi connectivity index (χ4n) is 1.89. The Morgan fingerprint density at radius 3 is 2.62 bits per heavy atom. The molecule has 1 N–H and O–H groups in total. The largest absolute Gasteiger partial charge is 0.338 e. The summed E-state index contributed by atoms with van der Waals surface area (Å²) in [6.45, 7) is 0. The highest BCUT2D eigenvalue weighted by Gasteiger charge is 2.11. The van der Waals surface area contributed by atoms with E-state index < -0.39 is 0 Å². The van der Waals surface area contributed by atoms with E-state index in [4.69, 9.17) is 16.1 Å². The van der Waals surface area contributed by atoms with Gasteiger partial charge in [-0.25, -0.2) is 0 Å². The van der Waals surface area contributed by atoms with Gasteiger partial charge in [0.05, 0.1) is 0 Å². The minimum atomic E-state index is -0.298. The maximum Gasteiger partial charge on any atom is 0.258 e. The van der Waals surface area contributed by atoms with Gasteiger partial charge in [0.15, 0.2) is 0 Å². The van der Waals surface area contributed by atoms with Gasteiger partial charge in [0, 0.05) is 22.2 Å². The molecule has 0 fully saturated rings. The van der Waals surface area contributed by atoms with E-state index in [9.17, 15) is 4.79 Å². The van der Waals surface area contributed by atoms with Crippen molar-refractivity contribution in [3.8, 4) is 11.3 Å². The lowest BCUT2D eigenvalue weighted by Gasteiger charge is -2.01. The highest BCUT2D eigenvalue weighted by Crippen LogP contribution is 2.21. The van der Waals surface area contributed by atoms with E-state index in [2.05, 4.69) is 10.5 Å². The fourth-order valence-corrected chi connectivity index (χ4v) is 2.08. The first kappa shape index (κ1) is 13.4. The van der Waals surface area contributed by atoms with Crippen LogP contribution in [0.4, 0.5) is 5.88 Å².